The number of aryl methyl sites for hydroxylation is 2. The van der Waals surface area contributed by atoms with Crippen LogP contribution in [0.15, 0.2) is 48.7 Å². The second-order valence-corrected chi connectivity index (χ2v) is 4.44. The molecule has 0 amide bonds. The molecule has 0 saturated carbocycles. The van der Waals surface area contributed by atoms with E-state index >= 15 is 0 Å². The van der Waals surface area contributed by atoms with Crippen molar-refractivity contribution in [3.63, 3.8) is 0 Å². The quantitative estimate of drug-likeness (QED) is 0.871. The molecule has 2 heteroatoms. The van der Waals surface area contributed by atoms with Crippen LogP contribution in [0, 0.1) is 0 Å². The molecule has 2 nitrogen and oxygen atoms in total. The fourth-order valence-corrected chi connectivity index (χ4v) is 2.13. The average Bonchev–Trinajstić information content (AvgIpc) is 2.45. The molecule has 0 fully saturated rings. The first kappa shape index (κ1) is 12.8. The second-order valence-electron chi connectivity index (χ2n) is 4.44. The van der Waals surface area contributed by atoms with E-state index in [1.54, 1.807) is 6.20 Å². The Morgan fingerprint density at radius 3 is 2.61 bits per heavy atom. The Labute approximate surface area is 108 Å². The van der Waals surface area contributed by atoms with Gasteiger partial charge in [-0.25, -0.2) is 0 Å². The van der Waals surface area contributed by atoms with Crippen LogP contribution in [0.3, 0.4) is 0 Å². The van der Waals surface area contributed by atoms with Gasteiger partial charge in [0.1, 0.15) is 0 Å². The van der Waals surface area contributed by atoms with E-state index in [1.165, 1.54) is 5.56 Å². The van der Waals surface area contributed by atoms with Crippen LogP contribution in [-0.2, 0) is 12.8 Å². The molecule has 2 rings (SSSR count). The van der Waals surface area contributed by atoms with Crippen LogP contribution < -0.4 is 0 Å². The lowest BCUT2D eigenvalue weighted by atomic mass is 10.0. The molecule has 0 bridgehead atoms. The van der Waals surface area contributed by atoms with E-state index in [1.807, 2.05) is 30.3 Å². The van der Waals surface area contributed by atoms with Gasteiger partial charge in [0, 0.05) is 6.20 Å². The van der Waals surface area contributed by atoms with Gasteiger partial charge in [-0.2, -0.15) is 0 Å². The van der Waals surface area contributed by atoms with Gasteiger partial charge in [0.05, 0.1) is 11.8 Å². The summed E-state index contributed by atoms with van der Waals surface area (Å²) in [6.07, 6.45) is 3.78. The summed E-state index contributed by atoms with van der Waals surface area (Å²) in [4.78, 5) is 4.31. The van der Waals surface area contributed by atoms with Crippen molar-refractivity contribution < 1.29 is 5.11 Å². The highest BCUT2D eigenvalue weighted by molar-refractivity contribution is 5.22. The van der Waals surface area contributed by atoms with Crippen molar-refractivity contribution in [1.29, 1.82) is 0 Å². The van der Waals surface area contributed by atoms with Crippen LogP contribution in [0.5, 0.6) is 0 Å². The number of aliphatic hydroxyl groups is 1. The van der Waals surface area contributed by atoms with Gasteiger partial charge in [-0.05, 0) is 36.5 Å². The molecule has 0 saturated heterocycles. The van der Waals surface area contributed by atoms with Crippen LogP contribution in [0.25, 0.3) is 0 Å². The van der Waals surface area contributed by atoms with E-state index in [0.717, 1.165) is 24.1 Å². The minimum Gasteiger partial charge on any atom is -0.387 e. The van der Waals surface area contributed by atoms with Crippen LogP contribution in [0.2, 0.25) is 0 Å². The Bertz CT molecular complexity index is 481. The van der Waals surface area contributed by atoms with E-state index in [4.69, 9.17) is 0 Å². The fourth-order valence-electron chi connectivity index (χ4n) is 2.13. The molecule has 1 unspecified atom stereocenters. The Hall–Kier alpha value is -1.67. The number of benzene rings is 1. The van der Waals surface area contributed by atoms with E-state index in [-0.39, 0.29) is 0 Å². The van der Waals surface area contributed by atoms with Crippen molar-refractivity contribution in [1.82, 2.24) is 4.98 Å². The molecule has 2 aromatic rings. The summed E-state index contributed by atoms with van der Waals surface area (Å²) in [6, 6.07) is 14.2. The number of pyridine rings is 1. The summed E-state index contributed by atoms with van der Waals surface area (Å²) in [5.74, 6) is 0. The van der Waals surface area contributed by atoms with Crippen molar-refractivity contribution in [3.8, 4) is 0 Å². The number of rotatable bonds is 5. The summed E-state index contributed by atoms with van der Waals surface area (Å²) in [6.45, 7) is 2.09. The van der Waals surface area contributed by atoms with Gasteiger partial charge in [0.25, 0.3) is 0 Å². The molecule has 1 aromatic carbocycles. The minimum absolute atomic E-state index is 0.471. The van der Waals surface area contributed by atoms with Gasteiger partial charge in [-0.15, -0.1) is 0 Å². The monoisotopic (exact) mass is 241 g/mol. The van der Waals surface area contributed by atoms with E-state index in [0.29, 0.717) is 6.42 Å². The zero-order valence-corrected chi connectivity index (χ0v) is 10.7. The van der Waals surface area contributed by atoms with Crippen molar-refractivity contribution in [2.75, 3.05) is 0 Å². The molecule has 0 radical (unpaired) electrons. The average molecular weight is 241 g/mol. The predicted molar refractivity (Wildman–Crippen MR) is 73.3 cm³/mol. The summed E-state index contributed by atoms with van der Waals surface area (Å²) in [5.41, 5.74) is 3.22. The molecule has 0 aliphatic rings. The van der Waals surface area contributed by atoms with Gasteiger partial charge < -0.3 is 5.11 Å². The molecule has 1 heterocycles. The van der Waals surface area contributed by atoms with Gasteiger partial charge in [0.2, 0.25) is 0 Å². The first-order valence-corrected chi connectivity index (χ1v) is 6.47. The summed E-state index contributed by atoms with van der Waals surface area (Å²) < 4.78 is 0. The Balaban J connectivity index is 2.01. The lowest BCUT2D eigenvalue weighted by Gasteiger charge is -2.13. The molecule has 94 valence electrons. The molecule has 0 aliphatic heterocycles. The molecule has 0 aliphatic carbocycles. The maximum Gasteiger partial charge on any atom is 0.0965 e. The predicted octanol–water partition coefficient (Wildman–Crippen LogP) is 3.31. The first-order valence-electron chi connectivity index (χ1n) is 6.47. The molecule has 0 spiro atoms. The third-order valence-electron chi connectivity index (χ3n) is 3.17. The lowest BCUT2D eigenvalue weighted by Crippen LogP contribution is -2.05. The SMILES string of the molecule is CCc1cccnc1C(O)CCc1ccccc1. The Morgan fingerprint density at radius 1 is 1.11 bits per heavy atom. The van der Waals surface area contributed by atoms with Crippen LogP contribution in [-0.4, -0.2) is 10.1 Å². The second kappa shape index (κ2) is 6.31. The zero-order valence-electron chi connectivity index (χ0n) is 10.7. The van der Waals surface area contributed by atoms with Crippen molar-refractivity contribution >= 4 is 0 Å². The topological polar surface area (TPSA) is 33.1 Å². The van der Waals surface area contributed by atoms with E-state index in [9.17, 15) is 5.11 Å². The number of aliphatic hydroxyl groups excluding tert-OH is 1. The van der Waals surface area contributed by atoms with Crippen molar-refractivity contribution in [3.05, 3.63) is 65.5 Å². The molecule has 1 atom stereocenters. The third kappa shape index (κ3) is 3.17. The maximum absolute atomic E-state index is 10.2. The van der Waals surface area contributed by atoms with Gasteiger partial charge >= 0.3 is 0 Å². The molecule has 18 heavy (non-hydrogen) atoms. The van der Waals surface area contributed by atoms with Gasteiger partial charge in [0.15, 0.2) is 0 Å². The molecule has 1 N–H and O–H groups in total. The van der Waals surface area contributed by atoms with Crippen LogP contribution in [0.1, 0.15) is 36.3 Å². The van der Waals surface area contributed by atoms with Gasteiger partial charge in [-0.3, -0.25) is 4.98 Å². The highest BCUT2D eigenvalue weighted by Gasteiger charge is 2.12. The summed E-state index contributed by atoms with van der Waals surface area (Å²) in [5, 5.41) is 10.2. The third-order valence-corrected chi connectivity index (χ3v) is 3.17. The largest absolute Gasteiger partial charge is 0.387 e. The summed E-state index contributed by atoms with van der Waals surface area (Å²) in [7, 11) is 0. The van der Waals surface area contributed by atoms with E-state index < -0.39 is 6.10 Å². The van der Waals surface area contributed by atoms with Crippen LogP contribution >= 0.6 is 0 Å². The summed E-state index contributed by atoms with van der Waals surface area (Å²) >= 11 is 0. The van der Waals surface area contributed by atoms with Gasteiger partial charge in [-0.1, -0.05) is 43.3 Å². The standard InChI is InChI=1S/C16H19NO/c1-2-14-9-6-12-17-16(14)15(18)11-10-13-7-4-3-5-8-13/h3-9,12,15,18H,2,10-11H2,1H3. The first-order chi connectivity index (χ1) is 8.81. The minimum atomic E-state index is -0.471. The zero-order chi connectivity index (χ0) is 12.8. The van der Waals surface area contributed by atoms with Crippen molar-refractivity contribution in [2.45, 2.75) is 32.3 Å². The Morgan fingerprint density at radius 2 is 1.89 bits per heavy atom. The molecular weight excluding hydrogens is 222 g/mol. The highest BCUT2D eigenvalue weighted by Crippen LogP contribution is 2.20. The normalized spacial score (nSPS) is 12.3. The molecular formula is C16H19NO. The number of aromatic nitrogens is 1. The van der Waals surface area contributed by atoms with E-state index in [2.05, 4.69) is 24.0 Å². The van der Waals surface area contributed by atoms with Crippen LogP contribution in [0.4, 0.5) is 0 Å². The number of nitrogens with zero attached hydrogens (tertiary/aromatic N) is 1. The van der Waals surface area contributed by atoms with Crippen molar-refractivity contribution in [2.24, 2.45) is 0 Å². The Kier molecular flexibility index (Phi) is 4.48. The maximum atomic E-state index is 10.2. The lowest BCUT2D eigenvalue weighted by molar-refractivity contribution is 0.162. The number of hydrogen-bond donors (Lipinski definition) is 1. The molecule has 1 aromatic heterocycles. The fraction of sp³-hybridized carbons (Fsp3) is 0.312. The highest BCUT2D eigenvalue weighted by atomic mass is 16.3. The number of hydrogen-bond acceptors (Lipinski definition) is 2. The smallest absolute Gasteiger partial charge is 0.0965 e.